The predicted octanol–water partition coefficient (Wildman–Crippen LogP) is -0.444. The maximum Gasteiger partial charge on any atom is 0.237 e. The van der Waals surface area contributed by atoms with Gasteiger partial charge in [-0.25, -0.2) is 8.42 Å². The fourth-order valence-electron chi connectivity index (χ4n) is 1.12. The molecule has 0 spiro atoms. The number of rotatable bonds is 6. The van der Waals surface area contributed by atoms with Gasteiger partial charge in [0, 0.05) is 13.1 Å². The fourth-order valence-corrected chi connectivity index (χ4v) is 2.76. The van der Waals surface area contributed by atoms with Gasteiger partial charge in [-0.3, -0.25) is 4.79 Å². The van der Waals surface area contributed by atoms with Crippen LogP contribution in [-0.2, 0) is 14.6 Å². The SMILES string of the molecule is CCN(CC)C(=O)CS(=O)(=O)CC(N)=S. The number of hydrogen-bond acceptors (Lipinski definition) is 4. The first-order valence-corrected chi connectivity index (χ1v) is 6.81. The van der Waals surface area contributed by atoms with Crippen molar-refractivity contribution in [2.24, 2.45) is 5.73 Å². The Balaban J connectivity index is 4.46. The van der Waals surface area contributed by atoms with Crippen LogP contribution in [0.15, 0.2) is 0 Å². The summed E-state index contributed by atoms with van der Waals surface area (Å²) in [5.41, 5.74) is 5.12. The molecule has 0 aromatic heterocycles. The molecule has 0 heterocycles. The first kappa shape index (κ1) is 14.3. The van der Waals surface area contributed by atoms with Gasteiger partial charge in [0.2, 0.25) is 5.91 Å². The van der Waals surface area contributed by atoms with E-state index in [1.165, 1.54) is 4.90 Å². The van der Waals surface area contributed by atoms with E-state index in [0.717, 1.165) is 0 Å². The Kier molecular flexibility index (Phi) is 5.74. The Bertz CT molecular complexity index is 334. The molecule has 88 valence electrons. The zero-order valence-corrected chi connectivity index (χ0v) is 10.5. The van der Waals surface area contributed by atoms with Gasteiger partial charge in [0.1, 0.15) is 11.5 Å². The van der Waals surface area contributed by atoms with Crippen LogP contribution in [0, 0.1) is 0 Å². The summed E-state index contributed by atoms with van der Waals surface area (Å²) in [6, 6.07) is 0. The summed E-state index contributed by atoms with van der Waals surface area (Å²) >= 11 is 4.49. The Morgan fingerprint density at radius 3 is 2.07 bits per heavy atom. The van der Waals surface area contributed by atoms with Crippen molar-refractivity contribution in [3.8, 4) is 0 Å². The fraction of sp³-hybridized carbons (Fsp3) is 0.750. The molecule has 0 saturated carbocycles. The molecule has 7 heteroatoms. The van der Waals surface area contributed by atoms with E-state index in [9.17, 15) is 13.2 Å². The number of sulfone groups is 1. The normalized spacial score (nSPS) is 11.1. The van der Waals surface area contributed by atoms with Gasteiger partial charge in [0.25, 0.3) is 0 Å². The van der Waals surface area contributed by atoms with E-state index in [1.807, 2.05) is 0 Å². The molecule has 0 aliphatic heterocycles. The molecule has 15 heavy (non-hydrogen) atoms. The van der Waals surface area contributed by atoms with Gasteiger partial charge >= 0.3 is 0 Å². The molecule has 5 nitrogen and oxygen atoms in total. The lowest BCUT2D eigenvalue weighted by molar-refractivity contribution is -0.128. The number of carbonyl (C=O) groups is 1. The van der Waals surface area contributed by atoms with E-state index in [0.29, 0.717) is 13.1 Å². The van der Waals surface area contributed by atoms with E-state index in [4.69, 9.17) is 5.73 Å². The Hall–Kier alpha value is -0.690. The van der Waals surface area contributed by atoms with Crippen LogP contribution in [0.1, 0.15) is 13.8 Å². The molecule has 2 N–H and O–H groups in total. The van der Waals surface area contributed by atoms with Crippen molar-refractivity contribution in [1.29, 1.82) is 0 Å². The maximum atomic E-state index is 11.5. The third-order valence-electron chi connectivity index (χ3n) is 1.82. The molecular formula is C8H16N2O3S2. The number of thiocarbonyl (C=S) groups is 1. The number of hydrogen-bond donors (Lipinski definition) is 1. The third kappa shape index (κ3) is 5.68. The zero-order chi connectivity index (χ0) is 12.1. The van der Waals surface area contributed by atoms with E-state index in [2.05, 4.69) is 12.2 Å². The lowest BCUT2D eigenvalue weighted by Crippen LogP contribution is -2.37. The van der Waals surface area contributed by atoms with Crippen molar-refractivity contribution in [1.82, 2.24) is 4.90 Å². The molecular weight excluding hydrogens is 236 g/mol. The van der Waals surface area contributed by atoms with Crippen molar-refractivity contribution in [3.63, 3.8) is 0 Å². The van der Waals surface area contributed by atoms with Crippen LogP contribution >= 0.6 is 12.2 Å². The van der Waals surface area contributed by atoms with E-state index >= 15 is 0 Å². The topological polar surface area (TPSA) is 80.5 Å². The molecule has 0 fully saturated rings. The largest absolute Gasteiger partial charge is 0.392 e. The van der Waals surface area contributed by atoms with Crippen LogP contribution in [0.4, 0.5) is 0 Å². The summed E-state index contributed by atoms with van der Waals surface area (Å²) in [5, 5.41) is 0. The monoisotopic (exact) mass is 252 g/mol. The summed E-state index contributed by atoms with van der Waals surface area (Å²) in [5.74, 6) is -1.34. The van der Waals surface area contributed by atoms with Gasteiger partial charge in [0.15, 0.2) is 9.84 Å². The summed E-state index contributed by atoms with van der Waals surface area (Å²) in [7, 11) is -3.50. The smallest absolute Gasteiger partial charge is 0.237 e. The lowest BCUT2D eigenvalue weighted by Gasteiger charge is -2.18. The molecule has 0 bridgehead atoms. The molecule has 0 unspecified atom stereocenters. The molecule has 0 rings (SSSR count). The number of nitrogens with zero attached hydrogens (tertiary/aromatic N) is 1. The minimum Gasteiger partial charge on any atom is -0.392 e. The Morgan fingerprint density at radius 1 is 1.27 bits per heavy atom. The third-order valence-corrected chi connectivity index (χ3v) is 3.59. The van der Waals surface area contributed by atoms with Gasteiger partial charge in [-0.2, -0.15) is 0 Å². The molecule has 0 saturated heterocycles. The zero-order valence-electron chi connectivity index (χ0n) is 8.89. The second kappa shape index (κ2) is 6.02. The molecule has 0 atom stereocenters. The highest BCUT2D eigenvalue weighted by Gasteiger charge is 2.20. The highest BCUT2D eigenvalue weighted by atomic mass is 32.2. The molecule has 0 radical (unpaired) electrons. The average molecular weight is 252 g/mol. The van der Waals surface area contributed by atoms with Crippen molar-refractivity contribution in [2.75, 3.05) is 24.6 Å². The highest BCUT2D eigenvalue weighted by molar-refractivity contribution is 7.94. The molecule has 1 amide bonds. The molecule has 0 aromatic rings. The summed E-state index contributed by atoms with van der Waals surface area (Å²) in [4.78, 5) is 12.8. The minimum absolute atomic E-state index is 0.109. The summed E-state index contributed by atoms with van der Waals surface area (Å²) in [6.45, 7) is 4.58. The second-order valence-electron chi connectivity index (χ2n) is 3.06. The highest BCUT2D eigenvalue weighted by Crippen LogP contribution is 1.96. The van der Waals surface area contributed by atoms with Crippen LogP contribution in [0.3, 0.4) is 0 Å². The van der Waals surface area contributed by atoms with Crippen LogP contribution in [0.2, 0.25) is 0 Å². The predicted molar refractivity (Wildman–Crippen MR) is 63.4 cm³/mol. The van der Waals surface area contributed by atoms with Crippen LogP contribution in [0.5, 0.6) is 0 Å². The minimum atomic E-state index is -3.50. The van der Waals surface area contributed by atoms with Crippen molar-refractivity contribution >= 4 is 33.0 Å². The first-order chi connectivity index (χ1) is 6.82. The van der Waals surface area contributed by atoms with Crippen molar-refractivity contribution < 1.29 is 13.2 Å². The quantitative estimate of drug-likeness (QED) is 0.648. The number of carbonyl (C=O) groups excluding carboxylic acids is 1. The van der Waals surface area contributed by atoms with Crippen LogP contribution in [-0.4, -0.2) is 48.8 Å². The maximum absolute atomic E-state index is 11.5. The van der Waals surface area contributed by atoms with Crippen LogP contribution < -0.4 is 5.73 Å². The van der Waals surface area contributed by atoms with Gasteiger partial charge in [-0.15, -0.1) is 0 Å². The van der Waals surface area contributed by atoms with Crippen molar-refractivity contribution in [3.05, 3.63) is 0 Å². The van der Waals surface area contributed by atoms with E-state index < -0.39 is 27.3 Å². The number of nitrogens with two attached hydrogens (primary N) is 1. The van der Waals surface area contributed by atoms with Gasteiger partial charge in [0.05, 0.1) is 4.99 Å². The van der Waals surface area contributed by atoms with E-state index in [1.54, 1.807) is 13.8 Å². The first-order valence-electron chi connectivity index (χ1n) is 4.58. The van der Waals surface area contributed by atoms with Crippen molar-refractivity contribution in [2.45, 2.75) is 13.8 Å². The standard InChI is InChI=1S/C8H16N2O3S2/c1-3-10(4-2)8(11)6-15(12,13)5-7(9)14/h3-6H2,1-2H3,(H2,9,14). The lowest BCUT2D eigenvalue weighted by atomic mass is 10.5. The molecule has 0 aromatic carbocycles. The number of amides is 1. The van der Waals surface area contributed by atoms with Gasteiger partial charge in [-0.1, -0.05) is 12.2 Å². The Labute approximate surface area is 95.5 Å². The Morgan fingerprint density at radius 2 is 1.73 bits per heavy atom. The molecule has 0 aliphatic rings. The average Bonchev–Trinajstić information content (AvgIpc) is 2.02. The summed E-state index contributed by atoms with van der Waals surface area (Å²) in [6.07, 6.45) is 0. The summed E-state index contributed by atoms with van der Waals surface area (Å²) < 4.78 is 22.7. The second-order valence-corrected chi connectivity index (χ2v) is 5.65. The molecule has 0 aliphatic carbocycles. The van der Waals surface area contributed by atoms with Crippen LogP contribution in [0.25, 0.3) is 0 Å². The van der Waals surface area contributed by atoms with Gasteiger partial charge < -0.3 is 10.6 Å². The van der Waals surface area contributed by atoms with Gasteiger partial charge in [-0.05, 0) is 13.8 Å². The van der Waals surface area contributed by atoms with E-state index in [-0.39, 0.29) is 4.99 Å².